The Kier molecular flexibility index (Phi) is 2.15. The molecule has 1 heterocycles. The van der Waals surface area contributed by atoms with Crippen molar-refractivity contribution in [2.24, 2.45) is 10.2 Å². The first-order valence-corrected chi connectivity index (χ1v) is 3.70. The van der Waals surface area contributed by atoms with Crippen molar-refractivity contribution in [2.45, 2.75) is 22.6 Å². The van der Waals surface area contributed by atoms with Gasteiger partial charge in [0.25, 0.3) is 4.57 Å². The van der Waals surface area contributed by atoms with Crippen LogP contribution in [0.25, 0.3) is 0 Å². The molecule has 0 unspecified atom stereocenters. The normalized spacial score (nSPS) is 21.1. The Labute approximate surface area is 80.3 Å². The van der Waals surface area contributed by atoms with Gasteiger partial charge in [0.15, 0.2) is 0 Å². The first-order chi connectivity index (χ1) is 5.96. The van der Waals surface area contributed by atoms with Gasteiger partial charge in [0.1, 0.15) is 0 Å². The molecule has 1 aliphatic rings. The summed E-state index contributed by atoms with van der Waals surface area (Å²) in [7, 11) is 0. The summed E-state index contributed by atoms with van der Waals surface area (Å²) < 4.78 is 81.0. The second-order valence-corrected chi connectivity index (χ2v) is 3.55. The summed E-state index contributed by atoms with van der Waals surface area (Å²) in [4.78, 5) is 0. The van der Waals surface area contributed by atoms with Crippen molar-refractivity contribution >= 4 is 15.9 Å². The minimum atomic E-state index is -6.14. The maximum Gasteiger partial charge on any atom is 0.437 e. The average Bonchev–Trinajstić information content (AvgIpc) is 2.62. The predicted molar refractivity (Wildman–Crippen MR) is 32.5 cm³/mol. The molecule has 10 heteroatoms. The second kappa shape index (κ2) is 2.58. The van der Waals surface area contributed by atoms with E-state index in [0.717, 1.165) is 0 Å². The Morgan fingerprint density at radius 2 is 1.07 bits per heavy atom. The van der Waals surface area contributed by atoms with Crippen LogP contribution in [0.2, 0.25) is 0 Å². The Balaban J connectivity index is 3.17. The lowest BCUT2D eigenvalue weighted by Crippen LogP contribution is -2.60. The summed E-state index contributed by atoms with van der Waals surface area (Å²) in [5.74, 6) is 0. The van der Waals surface area contributed by atoms with Gasteiger partial charge in [-0.25, -0.2) is 4.39 Å². The van der Waals surface area contributed by atoms with E-state index in [4.69, 9.17) is 0 Å². The van der Waals surface area contributed by atoms with Crippen LogP contribution < -0.4 is 0 Å². The van der Waals surface area contributed by atoms with Crippen molar-refractivity contribution < 1.29 is 30.7 Å². The molecule has 0 spiro atoms. The molecule has 0 atom stereocenters. The molecule has 0 N–H and O–H groups in total. The van der Waals surface area contributed by atoms with Gasteiger partial charge in [-0.05, 0) is 15.9 Å². The molecule has 1 aliphatic heterocycles. The Morgan fingerprint density at radius 3 is 1.14 bits per heavy atom. The highest BCUT2D eigenvalue weighted by Gasteiger charge is 2.85. The first-order valence-electron chi connectivity index (χ1n) is 2.91. The number of hydrogen-bond donors (Lipinski definition) is 0. The third-order valence-corrected chi connectivity index (χ3v) is 2.36. The maximum atomic E-state index is 12.9. The Hall–Kier alpha value is -0.410. The fraction of sp³-hybridized carbons (Fsp3) is 1.00. The van der Waals surface area contributed by atoms with Gasteiger partial charge in [0, 0.05) is 0 Å². The molecule has 82 valence electrons. The number of rotatable bonds is 1. The van der Waals surface area contributed by atoms with Crippen LogP contribution in [0.1, 0.15) is 0 Å². The van der Waals surface area contributed by atoms with Gasteiger partial charge in [0.05, 0.1) is 0 Å². The van der Waals surface area contributed by atoms with Gasteiger partial charge in [-0.1, -0.05) is 0 Å². The van der Waals surface area contributed by atoms with Crippen LogP contribution in [0.15, 0.2) is 10.2 Å². The highest BCUT2D eigenvalue weighted by molar-refractivity contribution is 9.10. The third-order valence-electron chi connectivity index (χ3n) is 1.50. The van der Waals surface area contributed by atoms with E-state index in [1.807, 2.05) is 15.9 Å². The van der Waals surface area contributed by atoms with E-state index in [1.54, 1.807) is 0 Å². The molecule has 0 aliphatic carbocycles. The summed E-state index contributed by atoms with van der Waals surface area (Å²) in [6.07, 6.45) is -12.3. The lowest BCUT2D eigenvalue weighted by molar-refractivity contribution is -0.344. The zero-order valence-corrected chi connectivity index (χ0v) is 7.50. The molecule has 0 aromatic rings. The smallest absolute Gasteiger partial charge is 0.217 e. The standard InChI is InChI=1S/C4BrF7N2/c5-2(13-14-2)1(6,3(7,8)9)4(10,11)12. The van der Waals surface area contributed by atoms with Crippen molar-refractivity contribution in [1.29, 1.82) is 0 Å². The number of alkyl halides is 8. The highest BCUT2D eigenvalue weighted by Crippen LogP contribution is 2.61. The van der Waals surface area contributed by atoms with Crippen LogP contribution in [0, 0.1) is 0 Å². The third kappa shape index (κ3) is 1.30. The van der Waals surface area contributed by atoms with Crippen LogP contribution in [-0.2, 0) is 0 Å². The molecule has 0 amide bonds. The molecule has 0 aromatic heterocycles. The van der Waals surface area contributed by atoms with Crippen molar-refractivity contribution in [3.63, 3.8) is 0 Å². The molecule has 2 nitrogen and oxygen atoms in total. The topological polar surface area (TPSA) is 24.7 Å². The maximum absolute atomic E-state index is 12.9. The zero-order chi connectivity index (χ0) is 11.4. The van der Waals surface area contributed by atoms with Crippen molar-refractivity contribution in [1.82, 2.24) is 0 Å². The second-order valence-electron chi connectivity index (χ2n) is 2.44. The van der Waals surface area contributed by atoms with Crippen LogP contribution in [-0.4, -0.2) is 22.6 Å². The predicted octanol–water partition coefficient (Wildman–Crippen LogP) is 3.33. The summed E-state index contributed by atoms with van der Waals surface area (Å²) in [6, 6.07) is 0. The average molecular weight is 289 g/mol. The monoisotopic (exact) mass is 288 g/mol. The van der Waals surface area contributed by atoms with E-state index in [2.05, 4.69) is 10.2 Å². The van der Waals surface area contributed by atoms with Gasteiger partial charge in [0.2, 0.25) is 0 Å². The molecule has 0 bridgehead atoms. The van der Waals surface area contributed by atoms with Gasteiger partial charge in [-0.2, -0.15) is 26.3 Å². The van der Waals surface area contributed by atoms with Gasteiger partial charge < -0.3 is 0 Å². The molecular formula is C4BrF7N2. The van der Waals surface area contributed by atoms with Crippen molar-refractivity contribution in [3.8, 4) is 0 Å². The minimum absolute atomic E-state index is 1.84. The molecular weight excluding hydrogens is 289 g/mol. The van der Waals surface area contributed by atoms with E-state index >= 15 is 0 Å². The fourth-order valence-corrected chi connectivity index (χ4v) is 1.23. The number of halogens is 8. The molecule has 0 saturated heterocycles. The zero-order valence-electron chi connectivity index (χ0n) is 5.92. The molecule has 1 rings (SSSR count). The van der Waals surface area contributed by atoms with Gasteiger partial charge in [-0.15, -0.1) is 10.2 Å². The van der Waals surface area contributed by atoms with E-state index < -0.39 is 22.6 Å². The number of nitrogens with zero attached hydrogens (tertiary/aromatic N) is 2. The summed E-state index contributed by atoms with van der Waals surface area (Å²) in [6.45, 7) is 0. The van der Waals surface area contributed by atoms with E-state index in [1.165, 1.54) is 0 Å². The summed E-state index contributed by atoms with van der Waals surface area (Å²) in [5.41, 5.74) is -5.49. The summed E-state index contributed by atoms with van der Waals surface area (Å²) in [5, 5.41) is 4.73. The molecule has 0 fully saturated rings. The van der Waals surface area contributed by atoms with E-state index in [0.29, 0.717) is 0 Å². The van der Waals surface area contributed by atoms with E-state index in [9.17, 15) is 30.7 Å². The first kappa shape index (κ1) is 11.7. The lowest BCUT2D eigenvalue weighted by Gasteiger charge is -2.30. The SMILES string of the molecule is FC(F)(F)C(F)(C(F)(F)F)C1(Br)N=N1. The highest BCUT2D eigenvalue weighted by atomic mass is 79.9. The van der Waals surface area contributed by atoms with Crippen molar-refractivity contribution in [3.05, 3.63) is 0 Å². The van der Waals surface area contributed by atoms with Crippen LogP contribution in [0.4, 0.5) is 30.7 Å². The Morgan fingerprint density at radius 1 is 0.786 bits per heavy atom. The van der Waals surface area contributed by atoms with E-state index in [-0.39, 0.29) is 0 Å². The quantitative estimate of drug-likeness (QED) is 0.402. The summed E-state index contributed by atoms with van der Waals surface area (Å²) >= 11 is 1.84. The lowest BCUT2D eigenvalue weighted by atomic mass is 10.0. The van der Waals surface area contributed by atoms with Crippen LogP contribution >= 0.6 is 15.9 Å². The Bertz CT molecular complexity index is 249. The largest absolute Gasteiger partial charge is 0.437 e. The molecule has 14 heavy (non-hydrogen) atoms. The van der Waals surface area contributed by atoms with Crippen molar-refractivity contribution in [2.75, 3.05) is 0 Å². The van der Waals surface area contributed by atoms with Crippen LogP contribution in [0.3, 0.4) is 0 Å². The fourth-order valence-electron chi connectivity index (χ4n) is 0.703. The van der Waals surface area contributed by atoms with Crippen LogP contribution in [0.5, 0.6) is 0 Å². The molecule has 0 aromatic carbocycles. The van der Waals surface area contributed by atoms with Gasteiger partial charge in [-0.3, -0.25) is 0 Å². The minimum Gasteiger partial charge on any atom is -0.217 e. The number of hydrogen-bond acceptors (Lipinski definition) is 2. The molecule has 0 saturated carbocycles. The van der Waals surface area contributed by atoms with Gasteiger partial charge >= 0.3 is 18.0 Å². The molecule has 0 radical (unpaired) electrons.